The number of aromatic nitrogens is 2. The van der Waals surface area contributed by atoms with E-state index >= 15 is 0 Å². The first-order valence-electron chi connectivity index (χ1n) is 10.3. The number of piperidine rings is 1. The Balaban J connectivity index is 1.64. The summed E-state index contributed by atoms with van der Waals surface area (Å²) < 4.78 is 29.6. The minimum Gasteiger partial charge on any atom is -0.319 e. The highest BCUT2D eigenvalue weighted by molar-refractivity contribution is 7.98. The van der Waals surface area contributed by atoms with Crippen molar-refractivity contribution in [3.8, 4) is 0 Å². The van der Waals surface area contributed by atoms with E-state index < -0.39 is 10.0 Å². The molecule has 3 aromatic rings. The van der Waals surface area contributed by atoms with Crippen molar-refractivity contribution < 1.29 is 13.3 Å². The minimum atomic E-state index is -3.53. The molecule has 1 saturated heterocycles. The first-order valence-corrected chi connectivity index (χ1v) is 12.7. The summed E-state index contributed by atoms with van der Waals surface area (Å²) in [4.78, 5) is 15.8. The highest BCUT2D eigenvalue weighted by Gasteiger charge is 2.26. The van der Waals surface area contributed by atoms with Gasteiger partial charge in [-0.05, 0) is 38.0 Å². The van der Waals surface area contributed by atoms with Gasteiger partial charge in [-0.3, -0.25) is 10.1 Å². The van der Waals surface area contributed by atoms with Gasteiger partial charge in [-0.1, -0.05) is 36.4 Å². The Bertz CT molecular complexity index is 1220. The molecule has 0 radical (unpaired) electrons. The Morgan fingerprint density at radius 2 is 1.87 bits per heavy atom. The number of nitro groups is 1. The molecule has 0 bridgehead atoms. The number of fused-ring (bicyclic) bond motifs is 1. The predicted octanol–water partition coefficient (Wildman–Crippen LogP) is 4.43. The molecule has 8 nitrogen and oxygen atoms in total. The van der Waals surface area contributed by atoms with Crippen LogP contribution in [0.2, 0.25) is 0 Å². The van der Waals surface area contributed by atoms with Crippen LogP contribution in [0.1, 0.15) is 31.7 Å². The molecule has 164 valence electrons. The summed E-state index contributed by atoms with van der Waals surface area (Å²) in [5, 5.41) is 12.0. The quantitative estimate of drug-likeness (QED) is 0.294. The number of aryl methyl sites for hydroxylation is 1. The van der Waals surface area contributed by atoms with Crippen LogP contribution in [0, 0.1) is 10.1 Å². The molecular weight excluding hydrogens is 436 g/mol. The maximum absolute atomic E-state index is 13.0. The van der Waals surface area contributed by atoms with Crippen LogP contribution in [-0.2, 0) is 22.3 Å². The smallest absolute Gasteiger partial charge is 0.273 e. The van der Waals surface area contributed by atoms with Gasteiger partial charge < -0.3 is 4.57 Å². The second-order valence-electron chi connectivity index (χ2n) is 7.43. The van der Waals surface area contributed by atoms with E-state index in [9.17, 15) is 18.5 Å². The summed E-state index contributed by atoms with van der Waals surface area (Å²) >= 11 is 1.41. The van der Waals surface area contributed by atoms with Crippen molar-refractivity contribution in [2.75, 3.05) is 13.1 Å². The number of hydrogen-bond donors (Lipinski definition) is 0. The summed E-state index contributed by atoms with van der Waals surface area (Å²) in [6, 6.07) is 11.8. The summed E-state index contributed by atoms with van der Waals surface area (Å²) in [5.74, 6) is 0.402. The third-order valence-corrected chi connectivity index (χ3v) is 8.42. The molecule has 0 unspecified atom stereocenters. The summed E-state index contributed by atoms with van der Waals surface area (Å²) in [6.07, 6.45) is 2.84. The van der Waals surface area contributed by atoms with Crippen molar-refractivity contribution in [3.05, 3.63) is 58.1 Å². The summed E-state index contributed by atoms with van der Waals surface area (Å²) in [5.41, 5.74) is 2.18. The molecule has 1 fully saturated rings. The van der Waals surface area contributed by atoms with E-state index in [1.807, 2.05) is 11.5 Å². The normalized spacial score (nSPS) is 15.4. The number of para-hydroxylation sites is 1. The van der Waals surface area contributed by atoms with E-state index in [1.54, 1.807) is 40.7 Å². The maximum atomic E-state index is 13.0. The predicted molar refractivity (Wildman–Crippen MR) is 121 cm³/mol. The van der Waals surface area contributed by atoms with Crippen LogP contribution in [0.15, 0.2) is 52.5 Å². The molecular formula is C21H24N4O4S2. The molecule has 1 aliphatic rings. The standard InChI is InChI=1S/C21H24N4O4S2/c1-2-24-20-11-10-17(31(28,29)23-12-6-3-7-13-23)14-18(20)22-21(24)30-15-16-8-4-5-9-19(16)25(26)27/h4-5,8-11,14H,2-3,6-7,12-13,15H2,1H3. The molecule has 2 aromatic carbocycles. The topological polar surface area (TPSA) is 98.3 Å². The van der Waals surface area contributed by atoms with E-state index in [4.69, 9.17) is 0 Å². The Morgan fingerprint density at radius 3 is 2.58 bits per heavy atom. The fourth-order valence-corrected chi connectivity index (χ4v) is 6.48. The third-order valence-electron chi connectivity index (χ3n) is 5.50. The van der Waals surface area contributed by atoms with Crippen molar-refractivity contribution in [2.24, 2.45) is 0 Å². The van der Waals surface area contributed by atoms with Crippen LogP contribution >= 0.6 is 11.8 Å². The Morgan fingerprint density at radius 1 is 1.13 bits per heavy atom. The fourth-order valence-electron chi connectivity index (χ4n) is 3.87. The molecule has 0 N–H and O–H groups in total. The van der Waals surface area contributed by atoms with E-state index in [2.05, 4.69) is 4.98 Å². The van der Waals surface area contributed by atoms with Crippen molar-refractivity contribution in [1.82, 2.24) is 13.9 Å². The molecule has 0 amide bonds. The number of sulfonamides is 1. The van der Waals surface area contributed by atoms with Crippen molar-refractivity contribution >= 4 is 38.5 Å². The van der Waals surface area contributed by atoms with E-state index in [0.717, 1.165) is 24.8 Å². The number of rotatable bonds is 7. The SMILES string of the molecule is CCn1c(SCc2ccccc2[N+](=O)[O-])nc2cc(S(=O)(=O)N3CCCCC3)ccc21. The van der Waals surface area contributed by atoms with Crippen LogP contribution in [0.4, 0.5) is 5.69 Å². The molecule has 0 aliphatic carbocycles. The van der Waals surface area contributed by atoms with Gasteiger partial charge in [0.1, 0.15) is 0 Å². The highest BCUT2D eigenvalue weighted by atomic mass is 32.2. The molecule has 0 saturated carbocycles. The first kappa shape index (κ1) is 21.8. The van der Waals surface area contributed by atoms with Crippen molar-refractivity contribution in [2.45, 2.75) is 48.5 Å². The molecule has 2 heterocycles. The fraction of sp³-hybridized carbons (Fsp3) is 0.381. The number of imidazole rings is 1. The Hall–Kier alpha value is -2.43. The largest absolute Gasteiger partial charge is 0.319 e. The van der Waals surface area contributed by atoms with Gasteiger partial charge in [0.05, 0.1) is 20.9 Å². The Labute approximate surface area is 185 Å². The van der Waals surface area contributed by atoms with Crippen molar-refractivity contribution in [3.63, 3.8) is 0 Å². The second kappa shape index (κ2) is 8.97. The van der Waals surface area contributed by atoms with Gasteiger partial charge in [0.15, 0.2) is 5.16 Å². The number of nitro benzene ring substituents is 1. The van der Waals surface area contributed by atoms with E-state index in [0.29, 0.717) is 41.6 Å². The van der Waals surface area contributed by atoms with Gasteiger partial charge in [-0.2, -0.15) is 4.31 Å². The third kappa shape index (κ3) is 4.32. The summed E-state index contributed by atoms with van der Waals surface area (Å²) in [6.45, 7) is 3.77. The zero-order valence-corrected chi connectivity index (χ0v) is 18.9. The Kier molecular flexibility index (Phi) is 6.31. The highest BCUT2D eigenvalue weighted by Crippen LogP contribution is 2.31. The van der Waals surface area contributed by atoms with Crippen LogP contribution in [-0.4, -0.2) is 40.3 Å². The van der Waals surface area contributed by atoms with Crippen molar-refractivity contribution in [1.29, 1.82) is 0 Å². The zero-order valence-electron chi connectivity index (χ0n) is 17.2. The van der Waals surface area contributed by atoms with Gasteiger partial charge in [-0.15, -0.1) is 0 Å². The lowest BCUT2D eigenvalue weighted by Gasteiger charge is -2.25. The zero-order chi connectivity index (χ0) is 22.0. The van der Waals surface area contributed by atoms with Crippen LogP contribution in [0.5, 0.6) is 0 Å². The molecule has 4 rings (SSSR count). The number of hydrogen-bond acceptors (Lipinski definition) is 6. The summed E-state index contributed by atoms with van der Waals surface area (Å²) in [7, 11) is -3.53. The lowest BCUT2D eigenvalue weighted by molar-refractivity contribution is -0.385. The van der Waals surface area contributed by atoms with Crippen LogP contribution in [0.3, 0.4) is 0 Å². The van der Waals surface area contributed by atoms with Gasteiger partial charge in [0.25, 0.3) is 5.69 Å². The van der Waals surface area contributed by atoms with Crippen LogP contribution < -0.4 is 0 Å². The molecule has 1 aromatic heterocycles. The van der Waals surface area contributed by atoms with E-state index in [-0.39, 0.29) is 15.5 Å². The van der Waals surface area contributed by atoms with E-state index in [1.165, 1.54) is 17.8 Å². The molecule has 1 aliphatic heterocycles. The van der Waals surface area contributed by atoms with Gasteiger partial charge in [-0.25, -0.2) is 13.4 Å². The molecule has 10 heteroatoms. The lowest BCUT2D eigenvalue weighted by atomic mass is 10.2. The lowest BCUT2D eigenvalue weighted by Crippen LogP contribution is -2.35. The molecule has 0 atom stereocenters. The second-order valence-corrected chi connectivity index (χ2v) is 10.3. The monoisotopic (exact) mass is 460 g/mol. The van der Waals surface area contributed by atoms with Crippen LogP contribution in [0.25, 0.3) is 11.0 Å². The average Bonchev–Trinajstić information content (AvgIpc) is 3.15. The van der Waals surface area contributed by atoms with Gasteiger partial charge >= 0.3 is 0 Å². The molecule has 0 spiro atoms. The average molecular weight is 461 g/mol. The number of thioether (sulfide) groups is 1. The molecule has 31 heavy (non-hydrogen) atoms. The van der Waals surface area contributed by atoms with Gasteiger partial charge in [0.2, 0.25) is 10.0 Å². The number of nitrogens with zero attached hydrogens (tertiary/aromatic N) is 4. The van der Waals surface area contributed by atoms with Gasteiger partial charge in [0, 0.05) is 37.0 Å². The maximum Gasteiger partial charge on any atom is 0.273 e. The minimum absolute atomic E-state index is 0.0871. The first-order chi connectivity index (χ1) is 14.9. The number of benzene rings is 2.